The minimum absolute atomic E-state index is 0.102. The van der Waals surface area contributed by atoms with Gasteiger partial charge in [-0.05, 0) is 24.1 Å². The lowest BCUT2D eigenvalue weighted by atomic mass is 10.1. The van der Waals surface area contributed by atoms with Crippen molar-refractivity contribution in [2.45, 2.75) is 25.5 Å². The number of halogens is 1. The van der Waals surface area contributed by atoms with Crippen molar-refractivity contribution in [3.05, 3.63) is 53.4 Å². The summed E-state index contributed by atoms with van der Waals surface area (Å²) in [5, 5.41) is 2.91. The van der Waals surface area contributed by atoms with Crippen LogP contribution in [0.25, 0.3) is 0 Å². The summed E-state index contributed by atoms with van der Waals surface area (Å²) < 4.78 is 20.6. The van der Waals surface area contributed by atoms with Crippen LogP contribution < -0.4 is 5.32 Å². The fourth-order valence-corrected chi connectivity index (χ4v) is 3.22. The van der Waals surface area contributed by atoms with Gasteiger partial charge in [0.1, 0.15) is 11.6 Å². The Hall–Kier alpha value is -2.41. The van der Waals surface area contributed by atoms with Crippen LogP contribution in [-0.2, 0) is 24.9 Å². The number of aromatic nitrogens is 2. The lowest BCUT2D eigenvalue weighted by molar-refractivity contribution is 0.181. The number of methoxy groups -OCH3 is 1. The third-order valence-corrected chi connectivity index (χ3v) is 4.55. The van der Waals surface area contributed by atoms with Gasteiger partial charge in [0.15, 0.2) is 0 Å². The molecule has 3 rings (SSSR count). The van der Waals surface area contributed by atoms with E-state index in [0.717, 1.165) is 17.8 Å². The van der Waals surface area contributed by atoms with Crippen molar-refractivity contribution in [1.82, 2.24) is 19.8 Å². The van der Waals surface area contributed by atoms with Gasteiger partial charge in [0.2, 0.25) is 0 Å². The van der Waals surface area contributed by atoms with Crippen molar-refractivity contribution in [2.75, 3.05) is 20.2 Å². The Morgan fingerprint density at radius 2 is 2.32 bits per heavy atom. The van der Waals surface area contributed by atoms with Crippen LogP contribution in [0.4, 0.5) is 9.18 Å². The number of carbonyl (C=O) groups excluding carboxylic acids is 1. The maximum atomic E-state index is 13.6. The van der Waals surface area contributed by atoms with Crippen molar-refractivity contribution in [3.8, 4) is 0 Å². The zero-order chi connectivity index (χ0) is 17.8. The van der Waals surface area contributed by atoms with E-state index >= 15 is 0 Å². The number of aryl methyl sites for hydroxylation is 1. The van der Waals surface area contributed by atoms with Crippen molar-refractivity contribution in [2.24, 2.45) is 7.05 Å². The molecule has 2 aromatic rings. The minimum atomic E-state index is -0.297. The Morgan fingerprint density at radius 1 is 1.48 bits per heavy atom. The molecule has 1 fully saturated rings. The molecule has 2 heterocycles. The van der Waals surface area contributed by atoms with Gasteiger partial charge in [0.05, 0.1) is 6.61 Å². The summed E-state index contributed by atoms with van der Waals surface area (Å²) in [4.78, 5) is 18.6. The van der Waals surface area contributed by atoms with Gasteiger partial charge in [-0.15, -0.1) is 0 Å². The van der Waals surface area contributed by atoms with Crippen LogP contribution in [0, 0.1) is 5.82 Å². The van der Waals surface area contributed by atoms with E-state index in [1.807, 2.05) is 17.8 Å². The maximum absolute atomic E-state index is 13.6. The first-order valence-corrected chi connectivity index (χ1v) is 8.34. The smallest absolute Gasteiger partial charge is 0.317 e. The summed E-state index contributed by atoms with van der Waals surface area (Å²) in [5.41, 5.74) is 1.34. The molecule has 1 aromatic heterocycles. The highest BCUT2D eigenvalue weighted by Gasteiger charge is 2.29. The van der Waals surface area contributed by atoms with E-state index in [4.69, 9.17) is 4.74 Å². The number of imidazole rings is 1. The molecular formula is C18H23FN4O2. The molecule has 1 aliphatic rings. The second kappa shape index (κ2) is 7.65. The van der Waals surface area contributed by atoms with E-state index < -0.39 is 0 Å². The summed E-state index contributed by atoms with van der Waals surface area (Å²) in [7, 11) is 3.50. The summed E-state index contributed by atoms with van der Waals surface area (Å²) in [6.07, 6.45) is 4.61. The van der Waals surface area contributed by atoms with Crippen molar-refractivity contribution < 1.29 is 13.9 Å². The average molecular weight is 346 g/mol. The molecule has 6 nitrogen and oxygen atoms in total. The second-order valence-electron chi connectivity index (χ2n) is 6.35. The van der Waals surface area contributed by atoms with Crippen LogP contribution >= 0.6 is 0 Å². The van der Waals surface area contributed by atoms with Crippen molar-refractivity contribution in [1.29, 1.82) is 0 Å². The molecular weight excluding hydrogens is 323 g/mol. The number of hydrogen-bond acceptors (Lipinski definition) is 3. The summed E-state index contributed by atoms with van der Waals surface area (Å²) in [6, 6.07) is 4.70. The zero-order valence-corrected chi connectivity index (χ0v) is 14.5. The minimum Gasteiger partial charge on any atom is -0.380 e. The van der Waals surface area contributed by atoms with Crippen LogP contribution in [0.15, 0.2) is 30.6 Å². The first-order valence-electron chi connectivity index (χ1n) is 8.34. The monoisotopic (exact) mass is 346 g/mol. The highest BCUT2D eigenvalue weighted by atomic mass is 19.1. The highest BCUT2D eigenvalue weighted by Crippen LogP contribution is 2.25. The molecule has 0 saturated carbocycles. The largest absolute Gasteiger partial charge is 0.380 e. The SMILES string of the molecule is COCc1cc(CNC(=O)N2CCC(c3nccn3C)C2)ccc1F. The van der Waals surface area contributed by atoms with Gasteiger partial charge in [-0.2, -0.15) is 0 Å². The number of rotatable bonds is 5. The van der Waals surface area contributed by atoms with E-state index in [0.29, 0.717) is 25.2 Å². The number of amides is 2. The third kappa shape index (κ3) is 3.99. The van der Waals surface area contributed by atoms with E-state index in [1.165, 1.54) is 13.2 Å². The number of nitrogens with zero attached hydrogens (tertiary/aromatic N) is 3. The lowest BCUT2D eigenvalue weighted by Gasteiger charge is -2.17. The van der Waals surface area contributed by atoms with E-state index in [2.05, 4.69) is 10.3 Å². The number of likely N-dealkylation sites (tertiary alicyclic amines) is 1. The Labute approximate surface area is 146 Å². The molecule has 1 aliphatic heterocycles. The molecule has 25 heavy (non-hydrogen) atoms. The molecule has 1 aromatic carbocycles. The molecule has 7 heteroatoms. The van der Waals surface area contributed by atoms with Crippen LogP contribution in [-0.4, -0.2) is 40.7 Å². The van der Waals surface area contributed by atoms with Gasteiger partial charge in [-0.25, -0.2) is 14.2 Å². The Kier molecular flexibility index (Phi) is 5.33. The number of hydrogen-bond donors (Lipinski definition) is 1. The average Bonchev–Trinajstić information content (AvgIpc) is 3.24. The topological polar surface area (TPSA) is 59.4 Å². The molecule has 1 saturated heterocycles. The Morgan fingerprint density at radius 3 is 3.04 bits per heavy atom. The lowest BCUT2D eigenvalue weighted by Crippen LogP contribution is -2.38. The fourth-order valence-electron chi connectivity index (χ4n) is 3.22. The van der Waals surface area contributed by atoms with Crippen LogP contribution in [0.1, 0.15) is 29.3 Å². The van der Waals surface area contributed by atoms with Gasteiger partial charge >= 0.3 is 6.03 Å². The molecule has 1 N–H and O–H groups in total. The second-order valence-corrected chi connectivity index (χ2v) is 6.35. The van der Waals surface area contributed by atoms with Gasteiger partial charge < -0.3 is 19.5 Å². The van der Waals surface area contributed by atoms with Gasteiger partial charge in [0.25, 0.3) is 0 Å². The summed E-state index contributed by atoms with van der Waals surface area (Å²) in [6.45, 7) is 1.95. The molecule has 1 unspecified atom stereocenters. The molecule has 2 amide bonds. The number of ether oxygens (including phenoxy) is 1. The van der Waals surface area contributed by atoms with Gasteiger partial charge in [-0.1, -0.05) is 6.07 Å². The van der Waals surface area contributed by atoms with E-state index in [1.54, 1.807) is 23.2 Å². The van der Waals surface area contributed by atoms with Crippen LogP contribution in [0.2, 0.25) is 0 Å². The molecule has 134 valence electrons. The third-order valence-electron chi connectivity index (χ3n) is 4.55. The van der Waals surface area contributed by atoms with Gasteiger partial charge in [0, 0.05) is 57.7 Å². The predicted molar refractivity (Wildman–Crippen MR) is 91.5 cm³/mol. The Balaban J connectivity index is 1.55. The molecule has 0 aliphatic carbocycles. The number of nitrogens with one attached hydrogen (secondary N) is 1. The number of carbonyl (C=O) groups is 1. The number of urea groups is 1. The molecule has 1 atom stereocenters. The predicted octanol–water partition coefficient (Wildman–Crippen LogP) is 2.40. The maximum Gasteiger partial charge on any atom is 0.317 e. The first-order chi connectivity index (χ1) is 12.1. The molecule has 0 spiro atoms. The van der Waals surface area contributed by atoms with Crippen LogP contribution in [0.3, 0.4) is 0 Å². The fraction of sp³-hybridized carbons (Fsp3) is 0.444. The normalized spacial score (nSPS) is 17.1. The summed E-state index contributed by atoms with van der Waals surface area (Å²) >= 11 is 0. The standard InChI is InChI=1S/C18H23FN4O2/c1-22-8-6-20-17(22)14-5-7-23(11-14)18(24)21-10-13-3-4-16(19)15(9-13)12-25-2/h3-4,6,8-9,14H,5,7,10-12H2,1-2H3,(H,21,24). The number of benzene rings is 1. The molecule has 0 bridgehead atoms. The highest BCUT2D eigenvalue weighted by molar-refractivity contribution is 5.74. The van der Waals surface area contributed by atoms with Gasteiger partial charge in [-0.3, -0.25) is 0 Å². The van der Waals surface area contributed by atoms with Crippen molar-refractivity contribution in [3.63, 3.8) is 0 Å². The van der Waals surface area contributed by atoms with Crippen molar-refractivity contribution >= 4 is 6.03 Å². The van der Waals surface area contributed by atoms with E-state index in [-0.39, 0.29) is 24.4 Å². The summed E-state index contributed by atoms with van der Waals surface area (Å²) in [5.74, 6) is 0.984. The van der Waals surface area contributed by atoms with Crippen LogP contribution in [0.5, 0.6) is 0 Å². The zero-order valence-electron chi connectivity index (χ0n) is 14.5. The first kappa shape index (κ1) is 17.4. The Bertz CT molecular complexity index is 746. The quantitative estimate of drug-likeness (QED) is 0.904. The van der Waals surface area contributed by atoms with E-state index in [9.17, 15) is 9.18 Å². The molecule has 0 radical (unpaired) electrons.